The summed E-state index contributed by atoms with van der Waals surface area (Å²) in [6, 6.07) is 5.85. The van der Waals surface area contributed by atoms with E-state index in [0.29, 0.717) is 31.2 Å². The first-order valence-corrected chi connectivity index (χ1v) is 8.72. The Morgan fingerprint density at radius 2 is 2.00 bits per heavy atom. The van der Waals surface area contributed by atoms with E-state index in [2.05, 4.69) is 10.6 Å². The van der Waals surface area contributed by atoms with Gasteiger partial charge in [-0.1, -0.05) is 6.07 Å². The highest BCUT2D eigenvalue weighted by molar-refractivity contribution is 7.89. The van der Waals surface area contributed by atoms with Crippen molar-refractivity contribution >= 4 is 33.3 Å². The first-order chi connectivity index (χ1) is 10.0. The first kappa shape index (κ1) is 16.1. The smallest absolute Gasteiger partial charge is 0.319 e. The molecule has 6 nitrogen and oxygen atoms in total. The molecule has 1 aliphatic heterocycles. The maximum atomic E-state index is 12.4. The van der Waals surface area contributed by atoms with Crippen molar-refractivity contribution in [1.82, 2.24) is 9.62 Å². The van der Waals surface area contributed by atoms with Crippen LogP contribution in [0.1, 0.15) is 12.8 Å². The SMILES string of the molecule is O=C(NCCCl)Nc1cccc(S(=O)(=O)N2CCCC2)c1. The van der Waals surface area contributed by atoms with Crippen LogP contribution in [0.15, 0.2) is 29.2 Å². The summed E-state index contributed by atoms with van der Waals surface area (Å²) < 4.78 is 26.3. The normalized spacial score (nSPS) is 15.9. The Bertz CT molecular complexity index is 600. The van der Waals surface area contributed by atoms with E-state index in [4.69, 9.17) is 11.6 Å². The molecule has 2 N–H and O–H groups in total. The summed E-state index contributed by atoms with van der Waals surface area (Å²) in [4.78, 5) is 11.7. The molecule has 8 heteroatoms. The van der Waals surface area contributed by atoms with E-state index < -0.39 is 16.1 Å². The Kier molecular flexibility index (Phi) is 5.44. The second-order valence-electron chi connectivity index (χ2n) is 4.71. The maximum Gasteiger partial charge on any atom is 0.319 e. The van der Waals surface area contributed by atoms with Crippen LogP contribution in [-0.2, 0) is 10.0 Å². The zero-order valence-electron chi connectivity index (χ0n) is 11.5. The number of anilines is 1. The summed E-state index contributed by atoms with van der Waals surface area (Å²) in [5.41, 5.74) is 0.433. The van der Waals surface area contributed by atoms with Gasteiger partial charge in [-0.3, -0.25) is 0 Å². The number of urea groups is 1. The lowest BCUT2D eigenvalue weighted by atomic mass is 10.3. The standard InChI is InChI=1S/C13H18ClN3O3S/c14-6-7-15-13(18)16-11-4-3-5-12(10-11)21(19,20)17-8-1-2-9-17/h3-5,10H,1-2,6-9H2,(H2,15,16,18). The predicted octanol–water partition coefficient (Wildman–Crippen LogP) is 1.83. The average molecular weight is 332 g/mol. The van der Waals surface area contributed by atoms with Gasteiger partial charge < -0.3 is 10.6 Å². The van der Waals surface area contributed by atoms with Crippen molar-refractivity contribution in [3.63, 3.8) is 0 Å². The second-order valence-corrected chi connectivity index (χ2v) is 7.02. The fourth-order valence-electron chi connectivity index (χ4n) is 2.15. The number of hydrogen-bond donors (Lipinski definition) is 2. The summed E-state index contributed by atoms with van der Waals surface area (Å²) in [6.07, 6.45) is 1.77. The molecule has 2 rings (SSSR count). The van der Waals surface area contributed by atoms with Gasteiger partial charge in [-0.15, -0.1) is 11.6 Å². The number of nitrogens with one attached hydrogen (secondary N) is 2. The number of hydrogen-bond acceptors (Lipinski definition) is 3. The molecule has 2 amide bonds. The number of sulfonamides is 1. The monoisotopic (exact) mass is 331 g/mol. The molecule has 1 aromatic rings. The zero-order valence-corrected chi connectivity index (χ0v) is 13.1. The van der Waals surface area contributed by atoms with Crippen molar-refractivity contribution < 1.29 is 13.2 Å². The van der Waals surface area contributed by atoms with Gasteiger partial charge in [-0.2, -0.15) is 4.31 Å². The van der Waals surface area contributed by atoms with Crippen molar-refractivity contribution in [3.05, 3.63) is 24.3 Å². The van der Waals surface area contributed by atoms with Gasteiger partial charge in [0.1, 0.15) is 0 Å². The summed E-state index contributed by atoms with van der Waals surface area (Å²) in [6.45, 7) is 1.45. The largest absolute Gasteiger partial charge is 0.337 e. The lowest BCUT2D eigenvalue weighted by molar-refractivity contribution is 0.252. The highest BCUT2D eigenvalue weighted by atomic mass is 35.5. The number of alkyl halides is 1. The van der Waals surface area contributed by atoms with Gasteiger partial charge in [0.05, 0.1) is 4.90 Å². The topological polar surface area (TPSA) is 78.5 Å². The number of rotatable bonds is 5. The molecule has 1 aromatic carbocycles. The van der Waals surface area contributed by atoms with Crippen LogP contribution in [-0.4, -0.2) is 44.3 Å². The molecule has 0 aromatic heterocycles. The minimum absolute atomic E-state index is 0.194. The number of carbonyl (C=O) groups is 1. The van der Waals surface area contributed by atoms with E-state index >= 15 is 0 Å². The molecule has 0 unspecified atom stereocenters. The molecule has 21 heavy (non-hydrogen) atoms. The van der Waals surface area contributed by atoms with Crippen LogP contribution in [0.25, 0.3) is 0 Å². The molecule has 0 saturated carbocycles. The molecule has 0 bridgehead atoms. The number of nitrogens with zero attached hydrogens (tertiary/aromatic N) is 1. The van der Waals surface area contributed by atoms with Crippen molar-refractivity contribution in [3.8, 4) is 0 Å². The zero-order chi connectivity index (χ0) is 15.3. The Labute approximate surface area is 129 Å². The van der Waals surface area contributed by atoms with Gasteiger partial charge in [0, 0.05) is 31.2 Å². The van der Waals surface area contributed by atoms with Crippen molar-refractivity contribution in [2.24, 2.45) is 0 Å². The van der Waals surface area contributed by atoms with Gasteiger partial charge in [-0.25, -0.2) is 13.2 Å². The van der Waals surface area contributed by atoms with Gasteiger partial charge in [0.2, 0.25) is 10.0 Å². The number of amides is 2. The van der Waals surface area contributed by atoms with Crippen molar-refractivity contribution in [2.75, 3.05) is 30.8 Å². The third-order valence-electron chi connectivity index (χ3n) is 3.17. The van der Waals surface area contributed by atoms with Crippen molar-refractivity contribution in [2.45, 2.75) is 17.7 Å². The average Bonchev–Trinajstić information content (AvgIpc) is 3.00. The van der Waals surface area contributed by atoms with E-state index in [1.807, 2.05) is 0 Å². The summed E-state index contributed by atoms with van der Waals surface area (Å²) >= 11 is 5.48. The lowest BCUT2D eigenvalue weighted by Gasteiger charge is -2.16. The van der Waals surface area contributed by atoms with E-state index in [0.717, 1.165) is 12.8 Å². The van der Waals surface area contributed by atoms with Gasteiger partial charge in [0.15, 0.2) is 0 Å². The predicted molar refractivity (Wildman–Crippen MR) is 82.2 cm³/mol. The Balaban J connectivity index is 2.12. The molecule has 1 aliphatic rings. The minimum atomic E-state index is -3.47. The van der Waals surface area contributed by atoms with E-state index in [9.17, 15) is 13.2 Å². The molecular formula is C13H18ClN3O3S. The third-order valence-corrected chi connectivity index (χ3v) is 5.26. The number of carbonyl (C=O) groups excluding carboxylic acids is 1. The Morgan fingerprint density at radius 1 is 1.29 bits per heavy atom. The first-order valence-electron chi connectivity index (χ1n) is 6.75. The molecule has 0 atom stereocenters. The van der Waals surface area contributed by atoms with Gasteiger partial charge >= 0.3 is 6.03 Å². The van der Waals surface area contributed by atoms with Crippen LogP contribution in [0.2, 0.25) is 0 Å². The lowest BCUT2D eigenvalue weighted by Crippen LogP contribution is -2.30. The highest BCUT2D eigenvalue weighted by Crippen LogP contribution is 2.22. The number of benzene rings is 1. The molecule has 0 aliphatic carbocycles. The Morgan fingerprint density at radius 3 is 2.67 bits per heavy atom. The third kappa shape index (κ3) is 4.09. The molecule has 1 heterocycles. The van der Waals surface area contributed by atoms with Crippen LogP contribution in [0.4, 0.5) is 10.5 Å². The highest BCUT2D eigenvalue weighted by Gasteiger charge is 2.27. The van der Waals surface area contributed by atoms with Crippen LogP contribution in [0.5, 0.6) is 0 Å². The quantitative estimate of drug-likeness (QED) is 0.808. The molecular weight excluding hydrogens is 314 g/mol. The van der Waals surface area contributed by atoms with Crippen LogP contribution in [0.3, 0.4) is 0 Å². The van der Waals surface area contributed by atoms with Gasteiger partial charge in [-0.05, 0) is 31.0 Å². The summed E-state index contributed by atoms with van der Waals surface area (Å²) in [5, 5.41) is 5.14. The van der Waals surface area contributed by atoms with Crippen LogP contribution >= 0.6 is 11.6 Å². The fourth-order valence-corrected chi connectivity index (χ4v) is 3.81. The van der Waals surface area contributed by atoms with Crippen molar-refractivity contribution in [1.29, 1.82) is 0 Å². The van der Waals surface area contributed by atoms with E-state index in [-0.39, 0.29) is 4.90 Å². The fraction of sp³-hybridized carbons (Fsp3) is 0.462. The molecule has 0 radical (unpaired) electrons. The molecule has 0 spiro atoms. The molecule has 116 valence electrons. The van der Waals surface area contributed by atoms with Gasteiger partial charge in [0.25, 0.3) is 0 Å². The summed E-state index contributed by atoms with van der Waals surface area (Å²) in [5.74, 6) is 0.316. The van der Waals surface area contributed by atoms with E-state index in [1.165, 1.54) is 16.4 Å². The maximum absolute atomic E-state index is 12.4. The van der Waals surface area contributed by atoms with Crippen LogP contribution < -0.4 is 10.6 Å². The molecule has 1 saturated heterocycles. The second kappa shape index (κ2) is 7.11. The summed E-state index contributed by atoms with van der Waals surface area (Å²) in [7, 11) is -3.47. The minimum Gasteiger partial charge on any atom is -0.337 e. The number of halogens is 1. The van der Waals surface area contributed by atoms with E-state index in [1.54, 1.807) is 12.1 Å². The Hall–Kier alpha value is -1.31. The molecule has 1 fully saturated rings. The van der Waals surface area contributed by atoms with Crippen LogP contribution in [0, 0.1) is 0 Å².